The van der Waals surface area contributed by atoms with Gasteiger partial charge in [-0.3, -0.25) is 10.00 Å². The van der Waals surface area contributed by atoms with Crippen molar-refractivity contribution in [3.8, 4) is 17.0 Å². The molecule has 0 saturated carbocycles. The van der Waals surface area contributed by atoms with E-state index in [1.165, 1.54) is 0 Å². The van der Waals surface area contributed by atoms with Crippen LogP contribution in [0.3, 0.4) is 0 Å². The highest BCUT2D eigenvalue weighted by molar-refractivity contribution is 5.84. The Bertz CT molecular complexity index is 1300. The van der Waals surface area contributed by atoms with Crippen LogP contribution in [0.15, 0.2) is 67.3 Å². The third-order valence-electron chi connectivity index (χ3n) is 4.85. The van der Waals surface area contributed by atoms with Crippen LogP contribution >= 0.6 is 0 Å². The third-order valence-corrected chi connectivity index (χ3v) is 4.85. The molecular weight excluding hydrogens is 340 g/mol. The molecule has 0 fully saturated rings. The highest BCUT2D eigenvalue weighted by Crippen LogP contribution is 2.39. The Morgan fingerprint density at radius 2 is 2.07 bits per heavy atom. The van der Waals surface area contributed by atoms with Gasteiger partial charge in [0.05, 0.1) is 23.1 Å². The summed E-state index contributed by atoms with van der Waals surface area (Å²) >= 11 is 0. The molecule has 1 N–H and O–H groups in total. The molecule has 7 nitrogen and oxygen atoms in total. The van der Waals surface area contributed by atoms with Crippen LogP contribution in [0.25, 0.3) is 27.8 Å². The van der Waals surface area contributed by atoms with E-state index in [1.807, 2.05) is 53.3 Å². The van der Waals surface area contributed by atoms with Crippen molar-refractivity contribution in [2.75, 3.05) is 11.6 Å². The Kier molecular flexibility index (Phi) is 2.82. The van der Waals surface area contributed by atoms with E-state index >= 15 is 0 Å². The minimum atomic E-state index is 0.415. The maximum atomic E-state index is 5.82. The van der Waals surface area contributed by atoms with E-state index in [-0.39, 0.29) is 0 Å². The molecule has 3 aromatic heterocycles. The van der Waals surface area contributed by atoms with Crippen molar-refractivity contribution in [3.05, 3.63) is 67.3 Å². The number of hydrogen-bond donors (Lipinski definition) is 1. The quantitative estimate of drug-likeness (QED) is 0.523. The first-order valence-corrected chi connectivity index (χ1v) is 8.63. The van der Waals surface area contributed by atoms with Crippen LogP contribution in [0.4, 0.5) is 11.5 Å². The van der Waals surface area contributed by atoms with Crippen molar-refractivity contribution in [1.82, 2.24) is 24.6 Å². The molecule has 2 aromatic carbocycles. The van der Waals surface area contributed by atoms with Gasteiger partial charge in [0, 0.05) is 29.5 Å². The Morgan fingerprint density at radius 3 is 3.07 bits per heavy atom. The van der Waals surface area contributed by atoms with Crippen LogP contribution in [0.2, 0.25) is 0 Å². The first kappa shape index (κ1) is 14.3. The van der Waals surface area contributed by atoms with E-state index in [0.29, 0.717) is 6.73 Å². The summed E-state index contributed by atoms with van der Waals surface area (Å²) in [6.45, 7) is 0.415. The molecule has 27 heavy (non-hydrogen) atoms. The number of nitrogens with one attached hydrogen (secondary N) is 1. The van der Waals surface area contributed by atoms with Crippen molar-refractivity contribution >= 4 is 28.1 Å². The molecule has 0 unspecified atom stereocenters. The van der Waals surface area contributed by atoms with Crippen molar-refractivity contribution in [1.29, 1.82) is 0 Å². The summed E-state index contributed by atoms with van der Waals surface area (Å²) in [5.41, 5.74) is 4.64. The lowest BCUT2D eigenvalue weighted by Crippen LogP contribution is -2.18. The van der Waals surface area contributed by atoms with Crippen molar-refractivity contribution in [3.63, 3.8) is 0 Å². The maximum Gasteiger partial charge on any atom is 0.180 e. The summed E-state index contributed by atoms with van der Waals surface area (Å²) in [5, 5.41) is 8.19. The first-order valence-electron chi connectivity index (χ1n) is 8.63. The second kappa shape index (κ2) is 5.31. The average molecular weight is 354 g/mol. The molecule has 1 aliphatic rings. The number of aromatic amines is 1. The SMILES string of the molecule is c1ccc2c(c1)OCN2c1nc(-c2ccc3cn[nH]c3c2)cn2ccnc12. The second-order valence-corrected chi connectivity index (χ2v) is 6.45. The lowest BCUT2D eigenvalue weighted by molar-refractivity contribution is 0.357. The van der Waals surface area contributed by atoms with Gasteiger partial charge in [-0.1, -0.05) is 24.3 Å². The van der Waals surface area contributed by atoms with E-state index in [2.05, 4.69) is 32.2 Å². The number of hydrogen-bond acceptors (Lipinski definition) is 5. The highest BCUT2D eigenvalue weighted by atomic mass is 16.5. The minimum Gasteiger partial charge on any atom is -0.471 e. The molecule has 0 atom stereocenters. The number of fused-ring (bicyclic) bond motifs is 3. The Morgan fingerprint density at radius 1 is 1.11 bits per heavy atom. The first-order chi connectivity index (χ1) is 13.4. The number of anilines is 2. The van der Waals surface area contributed by atoms with Gasteiger partial charge in [0.25, 0.3) is 0 Å². The fourth-order valence-corrected chi connectivity index (χ4v) is 3.51. The van der Waals surface area contributed by atoms with Crippen LogP contribution in [-0.2, 0) is 0 Å². The van der Waals surface area contributed by atoms with Crippen LogP contribution < -0.4 is 9.64 Å². The van der Waals surface area contributed by atoms with Crippen LogP contribution in [-0.4, -0.2) is 31.3 Å². The molecule has 6 rings (SSSR count). The van der Waals surface area contributed by atoms with E-state index < -0.39 is 0 Å². The largest absolute Gasteiger partial charge is 0.471 e. The number of H-pyrrole nitrogens is 1. The van der Waals surface area contributed by atoms with Crippen LogP contribution in [0.5, 0.6) is 5.75 Å². The van der Waals surface area contributed by atoms with E-state index in [9.17, 15) is 0 Å². The number of benzene rings is 2. The predicted molar refractivity (Wildman–Crippen MR) is 102 cm³/mol. The molecule has 0 spiro atoms. The van der Waals surface area contributed by atoms with Crippen molar-refractivity contribution in [2.45, 2.75) is 0 Å². The fourth-order valence-electron chi connectivity index (χ4n) is 3.51. The van der Waals surface area contributed by atoms with Crippen molar-refractivity contribution in [2.24, 2.45) is 0 Å². The van der Waals surface area contributed by atoms with E-state index in [1.54, 1.807) is 6.20 Å². The summed E-state index contributed by atoms with van der Waals surface area (Å²) in [6, 6.07) is 14.1. The van der Waals surface area contributed by atoms with Crippen molar-refractivity contribution < 1.29 is 4.74 Å². The number of imidazole rings is 1. The zero-order chi connectivity index (χ0) is 17.8. The maximum absolute atomic E-state index is 5.82. The lowest BCUT2D eigenvalue weighted by atomic mass is 10.1. The summed E-state index contributed by atoms with van der Waals surface area (Å²) in [6.07, 6.45) is 7.52. The summed E-state index contributed by atoms with van der Waals surface area (Å²) < 4.78 is 7.82. The molecule has 0 aliphatic carbocycles. The normalized spacial score (nSPS) is 13.3. The lowest BCUT2D eigenvalue weighted by Gasteiger charge is -2.17. The zero-order valence-electron chi connectivity index (χ0n) is 14.2. The second-order valence-electron chi connectivity index (χ2n) is 6.45. The third kappa shape index (κ3) is 2.11. The molecule has 0 amide bonds. The fraction of sp³-hybridized carbons (Fsp3) is 0.0500. The number of para-hydroxylation sites is 2. The van der Waals surface area contributed by atoms with E-state index in [0.717, 1.165) is 45.1 Å². The smallest absolute Gasteiger partial charge is 0.180 e. The summed E-state index contributed by atoms with van der Waals surface area (Å²) in [4.78, 5) is 11.5. The van der Waals surface area contributed by atoms with Gasteiger partial charge in [-0.25, -0.2) is 9.97 Å². The van der Waals surface area contributed by atoms with Gasteiger partial charge in [-0.15, -0.1) is 0 Å². The Labute approximate surface area is 153 Å². The molecule has 130 valence electrons. The van der Waals surface area contributed by atoms with Gasteiger partial charge in [0.2, 0.25) is 0 Å². The predicted octanol–water partition coefficient (Wildman–Crippen LogP) is 3.76. The molecule has 0 radical (unpaired) electrons. The van der Waals surface area contributed by atoms with E-state index in [4.69, 9.17) is 9.72 Å². The topological polar surface area (TPSA) is 71.3 Å². The van der Waals surface area contributed by atoms with Gasteiger partial charge >= 0.3 is 0 Å². The average Bonchev–Trinajstić information content (AvgIpc) is 3.44. The molecule has 0 bridgehead atoms. The number of aromatic nitrogens is 5. The number of ether oxygens (including phenoxy) is 1. The zero-order valence-corrected chi connectivity index (χ0v) is 14.2. The Balaban J connectivity index is 1.56. The van der Waals surface area contributed by atoms with Crippen LogP contribution in [0.1, 0.15) is 0 Å². The highest BCUT2D eigenvalue weighted by Gasteiger charge is 2.25. The molecule has 1 aliphatic heterocycles. The van der Waals surface area contributed by atoms with Crippen LogP contribution in [0, 0.1) is 0 Å². The standard InChI is InChI=1S/C20H14N6O/c1-2-4-18-17(3-1)26(12-27-18)20-19-21-7-8-25(19)11-16(23-20)13-5-6-14-10-22-24-15(14)9-13/h1-11H,12H2,(H,22,24). The molecule has 0 saturated heterocycles. The molecule has 4 heterocycles. The number of rotatable bonds is 2. The van der Waals surface area contributed by atoms with Gasteiger partial charge in [-0.05, 0) is 18.2 Å². The monoisotopic (exact) mass is 354 g/mol. The molecule has 5 aromatic rings. The van der Waals surface area contributed by atoms with Gasteiger partial charge < -0.3 is 9.14 Å². The minimum absolute atomic E-state index is 0.415. The Hall–Kier alpha value is -3.87. The van der Waals surface area contributed by atoms with Gasteiger partial charge in [-0.2, -0.15) is 5.10 Å². The van der Waals surface area contributed by atoms with Gasteiger partial charge in [0.1, 0.15) is 5.75 Å². The summed E-state index contributed by atoms with van der Waals surface area (Å²) in [7, 11) is 0. The van der Waals surface area contributed by atoms with Gasteiger partial charge in [0.15, 0.2) is 18.2 Å². The molecular formula is C20H14N6O. The summed E-state index contributed by atoms with van der Waals surface area (Å²) in [5.74, 6) is 1.63. The number of nitrogens with zero attached hydrogens (tertiary/aromatic N) is 5. The molecule has 7 heteroatoms.